The van der Waals surface area contributed by atoms with E-state index in [1.807, 2.05) is 30.3 Å². The minimum Gasteiger partial charge on any atom is -0.316 e. The standard InChI is InChI=1S/C14H15N3O/c18-14-11-6-8-15-9-7-12(11)16-13(17-14)10-4-2-1-3-5-10/h1-5,15H,6-9H2,(H,16,17,18). The van der Waals surface area contributed by atoms with Crippen molar-refractivity contribution in [1.29, 1.82) is 0 Å². The third kappa shape index (κ3) is 2.07. The molecule has 0 saturated heterocycles. The van der Waals surface area contributed by atoms with Crippen LogP contribution in [-0.4, -0.2) is 23.1 Å². The third-order valence-corrected chi connectivity index (χ3v) is 3.24. The predicted octanol–water partition coefficient (Wildman–Crippen LogP) is 1.13. The van der Waals surface area contributed by atoms with Gasteiger partial charge in [-0.1, -0.05) is 30.3 Å². The molecule has 0 fully saturated rings. The fraction of sp³-hybridized carbons (Fsp3) is 0.286. The van der Waals surface area contributed by atoms with Gasteiger partial charge in [0.1, 0.15) is 5.82 Å². The first-order valence-corrected chi connectivity index (χ1v) is 6.23. The second-order valence-corrected chi connectivity index (χ2v) is 4.46. The molecule has 0 bridgehead atoms. The first-order valence-electron chi connectivity index (χ1n) is 6.23. The van der Waals surface area contributed by atoms with E-state index in [1.165, 1.54) is 0 Å². The van der Waals surface area contributed by atoms with Gasteiger partial charge in [-0.15, -0.1) is 0 Å². The maximum atomic E-state index is 12.1. The summed E-state index contributed by atoms with van der Waals surface area (Å²) >= 11 is 0. The number of benzene rings is 1. The van der Waals surface area contributed by atoms with Gasteiger partial charge in [-0.2, -0.15) is 0 Å². The number of nitrogens with zero attached hydrogens (tertiary/aromatic N) is 1. The highest BCUT2D eigenvalue weighted by atomic mass is 16.1. The monoisotopic (exact) mass is 241 g/mol. The zero-order valence-electron chi connectivity index (χ0n) is 10.1. The molecule has 0 spiro atoms. The van der Waals surface area contributed by atoms with Gasteiger partial charge in [0.05, 0.1) is 5.69 Å². The van der Waals surface area contributed by atoms with Crippen LogP contribution in [0.4, 0.5) is 0 Å². The molecule has 18 heavy (non-hydrogen) atoms. The SMILES string of the molecule is O=c1[nH]c(-c2ccccc2)nc2c1CCNCC2. The van der Waals surface area contributed by atoms with Crippen LogP contribution in [-0.2, 0) is 12.8 Å². The molecular weight excluding hydrogens is 226 g/mol. The van der Waals surface area contributed by atoms with Crippen LogP contribution in [0.1, 0.15) is 11.3 Å². The van der Waals surface area contributed by atoms with Gasteiger partial charge >= 0.3 is 0 Å². The Labute approximate surface area is 105 Å². The largest absolute Gasteiger partial charge is 0.316 e. The average Bonchev–Trinajstić information content (AvgIpc) is 2.65. The van der Waals surface area contributed by atoms with Gasteiger partial charge in [0, 0.05) is 24.1 Å². The number of aromatic nitrogens is 2. The summed E-state index contributed by atoms with van der Waals surface area (Å²) in [6.07, 6.45) is 1.58. The van der Waals surface area contributed by atoms with E-state index in [0.29, 0.717) is 5.82 Å². The van der Waals surface area contributed by atoms with Crippen molar-refractivity contribution in [3.05, 3.63) is 51.9 Å². The van der Waals surface area contributed by atoms with Gasteiger partial charge in [0.2, 0.25) is 0 Å². The van der Waals surface area contributed by atoms with Gasteiger partial charge in [-0.3, -0.25) is 4.79 Å². The minimum absolute atomic E-state index is 0.00236. The van der Waals surface area contributed by atoms with Gasteiger partial charge in [-0.05, 0) is 13.0 Å². The first-order chi connectivity index (χ1) is 8.84. The van der Waals surface area contributed by atoms with Crippen molar-refractivity contribution in [2.24, 2.45) is 0 Å². The lowest BCUT2D eigenvalue weighted by atomic mass is 10.1. The summed E-state index contributed by atoms with van der Waals surface area (Å²) in [5.41, 5.74) is 2.72. The smallest absolute Gasteiger partial charge is 0.254 e. The molecule has 2 heterocycles. The van der Waals surface area contributed by atoms with Crippen molar-refractivity contribution in [3.63, 3.8) is 0 Å². The summed E-state index contributed by atoms with van der Waals surface area (Å²) in [6, 6.07) is 9.76. The molecule has 1 aliphatic heterocycles. The maximum absolute atomic E-state index is 12.1. The summed E-state index contributed by atoms with van der Waals surface area (Å²) in [4.78, 5) is 19.6. The molecule has 0 saturated carbocycles. The number of H-pyrrole nitrogens is 1. The minimum atomic E-state index is 0.00236. The Morgan fingerprint density at radius 2 is 1.83 bits per heavy atom. The van der Waals surface area contributed by atoms with E-state index in [4.69, 9.17) is 0 Å². The normalized spacial score (nSPS) is 14.9. The molecule has 1 aromatic heterocycles. The number of rotatable bonds is 1. The summed E-state index contributed by atoms with van der Waals surface area (Å²) in [5, 5.41) is 3.29. The van der Waals surface area contributed by atoms with Gasteiger partial charge in [0.25, 0.3) is 5.56 Å². The Kier molecular flexibility index (Phi) is 2.94. The maximum Gasteiger partial charge on any atom is 0.254 e. The Morgan fingerprint density at radius 1 is 1.06 bits per heavy atom. The molecule has 0 unspecified atom stereocenters. The molecule has 2 N–H and O–H groups in total. The molecule has 4 heteroatoms. The quantitative estimate of drug-likeness (QED) is 0.786. The van der Waals surface area contributed by atoms with E-state index in [-0.39, 0.29) is 5.56 Å². The molecule has 4 nitrogen and oxygen atoms in total. The van der Waals surface area contributed by atoms with E-state index >= 15 is 0 Å². The highest BCUT2D eigenvalue weighted by Gasteiger charge is 2.14. The van der Waals surface area contributed by atoms with E-state index in [9.17, 15) is 4.79 Å². The van der Waals surface area contributed by atoms with Crippen LogP contribution >= 0.6 is 0 Å². The summed E-state index contributed by atoms with van der Waals surface area (Å²) in [5.74, 6) is 0.668. The fourth-order valence-electron chi connectivity index (χ4n) is 2.29. The average molecular weight is 241 g/mol. The number of hydrogen-bond acceptors (Lipinski definition) is 3. The van der Waals surface area contributed by atoms with Crippen molar-refractivity contribution in [2.45, 2.75) is 12.8 Å². The van der Waals surface area contributed by atoms with Crippen LogP contribution in [0.25, 0.3) is 11.4 Å². The second-order valence-electron chi connectivity index (χ2n) is 4.46. The zero-order valence-corrected chi connectivity index (χ0v) is 10.1. The number of fused-ring (bicyclic) bond motifs is 1. The van der Waals surface area contributed by atoms with Crippen LogP contribution in [0.2, 0.25) is 0 Å². The van der Waals surface area contributed by atoms with Crippen LogP contribution in [0, 0.1) is 0 Å². The highest BCUT2D eigenvalue weighted by molar-refractivity contribution is 5.54. The molecule has 2 aromatic rings. The summed E-state index contributed by atoms with van der Waals surface area (Å²) in [7, 11) is 0. The Balaban J connectivity index is 2.11. The lowest BCUT2D eigenvalue weighted by Crippen LogP contribution is -2.19. The number of aromatic amines is 1. The summed E-state index contributed by atoms with van der Waals surface area (Å²) < 4.78 is 0. The lowest BCUT2D eigenvalue weighted by molar-refractivity contribution is 0.708. The van der Waals surface area contributed by atoms with Gasteiger partial charge in [0.15, 0.2) is 0 Å². The highest BCUT2D eigenvalue weighted by Crippen LogP contribution is 2.15. The van der Waals surface area contributed by atoms with Gasteiger partial charge in [-0.25, -0.2) is 4.98 Å². The lowest BCUT2D eigenvalue weighted by Gasteiger charge is -2.06. The Hall–Kier alpha value is -1.94. The predicted molar refractivity (Wildman–Crippen MR) is 70.6 cm³/mol. The molecule has 3 rings (SSSR count). The molecule has 0 radical (unpaired) electrons. The zero-order chi connectivity index (χ0) is 12.4. The Bertz CT molecular complexity index is 604. The topological polar surface area (TPSA) is 57.8 Å². The van der Waals surface area contributed by atoms with Crippen LogP contribution in [0.15, 0.2) is 35.1 Å². The van der Waals surface area contributed by atoms with Crippen LogP contribution < -0.4 is 10.9 Å². The number of nitrogens with one attached hydrogen (secondary N) is 2. The van der Waals surface area contributed by atoms with Crippen molar-refractivity contribution in [1.82, 2.24) is 15.3 Å². The number of hydrogen-bond donors (Lipinski definition) is 2. The van der Waals surface area contributed by atoms with Crippen LogP contribution in [0.3, 0.4) is 0 Å². The molecule has 1 aromatic carbocycles. The van der Waals surface area contributed by atoms with Crippen molar-refractivity contribution in [2.75, 3.05) is 13.1 Å². The molecular formula is C14H15N3O. The fourth-order valence-corrected chi connectivity index (χ4v) is 2.29. The molecule has 92 valence electrons. The second kappa shape index (κ2) is 4.74. The van der Waals surface area contributed by atoms with Crippen molar-refractivity contribution in [3.8, 4) is 11.4 Å². The third-order valence-electron chi connectivity index (χ3n) is 3.24. The summed E-state index contributed by atoms with van der Waals surface area (Å²) in [6.45, 7) is 1.74. The molecule has 0 amide bonds. The van der Waals surface area contributed by atoms with Crippen molar-refractivity contribution >= 4 is 0 Å². The van der Waals surface area contributed by atoms with Crippen molar-refractivity contribution < 1.29 is 0 Å². The van der Waals surface area contributed by atoms with E-state index < -0.39 is 0 Å². The van der Waals surface area contributed by atoms with Gasteiger partial charge < -0.3 is 10.3 Å². The van der Waals surface area contributed by atoms with Crippen LogP contribution in [0.5, 0.6) is 0 Å². The van der Waals surface area contributed by atoms with E-state index in [1.54, 1.807) is 0 Å². The first kappa shape index (κ1) is 11.2. The van der Waals surface area contributed by atoms with E-state index in [2.05, 4.69) is 15.3 Å². The van der Waals surface area contributed by atoms with E-state index in [0.717, 1.165) is 42.8 Å². The Morgan fingerprint density at radius 3 is 2.67 bits per heavy atom. The molecule has 1 aliphatic rings. The molecule has 0 atom stereocenters. The molecule has 0 aliphatic carbocycles.